The van der Waals surface area contributed by atoms with Crippen molar-refractivity contribution in [2.24, 2.45) is 4.99 Å². The van der Waals surface area contributed by atoms with Crippen LogP contribution in [0, 0.1) is 0 Å². The Kier molecular flexibility index (Phi) is 3.17. The van der Waals surface area contributed by atoms with Gasteiger partial charge in [0.25, 0.3) is 0 Å². The minimum Gasteiger partial charge on any atom is -0.271 e. The van der Waals surface area contributed by atoms with Gasteiger partial charge in [-0.1, -0.05) is 47.3 Å². The summed E-state index contributed by atoms with van der Waals surface area (Å²) < 4.78 is 1.28. The lowest BCUT2D eigenvalue weighted by molar-refractivity contribution is 1.07. The molecule has 0 saturated carbocycles. The van der Waals surface area contributed by atoms with Crippen LogP contribution in [-0.2, 0) is 0 Å². The quantitative estimate of drug-likeness (QED) is 0.696. The van der Waals surface area contributed by atoms with Gasteiger partial charge in [-0.15, -0.1) is 0 Å². The lowest BCUT2D eigenvalue weighted by Crippen LogP contribution is -2.01. The van der Waals surface area contributed by atoms with Gasteiger partial charge in [0.05, 0.1) is 6.54 Å². The Morgan fingerprint density at radius 1 is 1.62 bits per heavy atom. The second-order valence-corrected chi connectivity index (χ2v) is 5.80. The van der Waals surface area contributed by atoms with Crippen molar-refractivity contribution in [3.8, 4) is 0 Å². The van der Waals surface area contributed by atoms with Gasteiger partial charge in [0.1, 0.15) is 4.38 Å². The molecule has 0 amide bonds. The fourth-order valence-electron chi connectivity index (χ4n) is 1.38. The molecular weight excluding hydrogens is 198 g/mol. The van der Waals surface area contributed by atoms with E-state index in [4.69, 9.17) is 0 Å². The van der Waals surface area contributed by atoms with Crippen LogP contribution in [0.1, 0.15) is 13.3 Å². The number of nitrogens with zero attached hydrogens (tertiary/aromatic N) is 1. The molecule has 2 aliphatic rings. The summed E-state index contributed by atoms with van der Waals surface area (Å²) in [6.45, 7) is 3.28. The van der Waals surface area contributed by atoms with Gasteiger partial charge in [0.2, 0.25) is 0 Å². The second kappa shape index (κ2) is 4.38. The van der Waals surface area contributed by atoms with Crippen LogP contribution in [0.4, 0.5) is 0 Å². The van der Waals surface area contributed by atoms with Crippen LogP contribution in [-0.4, -0.2) is 21.9 Å². The van der Waals surface area contributed by atoms with Gasteiger partial charge in [0.15, 0.2) is 0 Å². The van der Waals surface area contributed by atoms with Gasteiger partial charge >= 0.3 is 0 Å². The number of thioether (sulfide) groups is 2. The number of hydrogen-bond donors (Lipinski definition) is 0. The molecule has 70 valence electrons. The van der Waals surface area contributed by atoms with E-state index in [-0.39, 0.29) is 0 Å². The molecule has 1 aliphatic heterocycles. The van der Waals surface area contributed by atoms with E-state index in [1.165, 1.54) is 15.7 Å². The second-order valence-electron chi connectivity index (χ2n) is 3.13. The van der Waals surface area contributed by atoms with E-state index in [1.807, 2.05) is 23.5 Å². The fourth-order valence-corrected chi connectivity index (χ4v) is 3.67. The Hall–Kier alpha value is -0.150. The van der Waals surface area contributed by atoms with Gasteiger partial charge < -0.3 is 0 Å². The summed E-state index contributed by atoms with van der Waals surface area (Å²) in [4.78, 5) is 4.44. The molecular formula is C10H13NS2. The van der Waals surface area contributed by atoms with Crippen LogP contribution in [0.5, 0.6) is 0 Å². The average molecular weight is 211 g/mol. The first-order valence-corrected chi connectivity index (χ1v) is 6.42. The molecule has 1 aliphatic carbocycles. The summed E-state index contributed by atoms with van der Waals surface area (Å²) in [7, 11) is 0. The first-order valence-electron chi connectivity index (χ1n) is 4.56. The Morgan fingerprint density at radius 3 is 3.15 bits per heavy atom. The number of rotatable bonds is 2. The number of allylic oxidation sites excluding steroid dienone is 3. The molecule has 0 fully saturated rings. The molecule has 0 spiro atoms. The zero-order chi connectivity index (χ0) is 9.10. The van der Waals surface area contributed by atoms with Crippen molar-refractivity contribution in [1.82, 2.24) is 0 Å². The predicted octanol–water partition coefficient (Wildman–Crippen LogP) is 3.10. The third-order valence-electron chi connectivity index (χ3n) is 2.16. The standard InChI is InChI=1S/C10H13NS2/c1-8(9-4-2-3-5-9)13-10-11-6-7-12-10/h2-4,8H,5-7H2,1H3. The Morgan fingerprint density at radius 2 is 2.54 bits per heavy atom. The SMILES string of the molecule is CC(SC1=NCCS1)C1=CC=CC1. The highest BCUT2D eigenvalue weighted by Gasteiger charge is 2.15. The average Bonchev–Trinajstić information content (AvgIpc) is 2.74. The third kappa shape index (κ3) is 2.41. The van der Waals surface area contributed by atoms with Crippen LogP contribution in [0.2, 0.25) is 0 Å². The molecule has 13 heavy (non-hydrogen) atoms. The normalized spacial score (nSPS) is 23.2. The molecule has 0 radical (unpaired) electrons. The fraction of sp³-hybridized carbons (Fsp3) is 0.500. The first-order chi connectivity index (χ1) is 6.36. The van der Waals surface area contributed by atoms with Crippen LogP contribution in [0.15, 0.2) is 28.8 Å². The molecule has 0 aromatic carbocycles. The molecule has 0 aromatic heterocycles. The maximum Gasteiger partial charge on any atom is 0.125 e. The minimum absolute atomic E-state index is 0.597. The lowest BCUT2D eigenvalue weighted by Gasteiger charge is -2.11. The van der Waals surface area contributed by atoms with Crippen LogP contribution < -0.4 is 0 Å². The smallest absolute Gasteiger partial charge is 0.125 e. The van der Waals surface area contributed by atoms with Crippen molar-refractivity contribution in [3.63, 3.8) is 0 Å². The molecule has 0 bridgehead atoms. The summed E-state index contributed by atoms with van der Waals surface area (Å²) in [5.74, 6) is 1.17. The maximum absolute atomic E-state index is 4.44. The molecule has 1 atom stereocenters. The van der Waals surface area contributed by atoms with Crippen molar-refractivity contribution >= 4 is 27.9 Å². The molecule has 0 saturated heterocycles. The van der Waals surface area contributed by atoms with Gasteiger partial charge in [0, 0.05) is 11.0 Å². The Labute approximate surface area is 87.8 Å². The molecule has 3 heteroatoms. The van der Waals surface area contributed by atoms with Gasteiger partial charge in [-0.2, -0.15) is 0 Å². The van der Waals surface area contributed by atoms with E-state index >= 15 is 0 Å². The van der Waals surface area contributed by atoms with E-state index in [1.54, 1.807) is 0 Å². The molecule has 1 nitrogen and oxygen atoms in total. The highest BCUT2D eigenvalue weighted by atomic mass is 32.2. The minimum atomic E-state index is 0.597. The van der Waals surface area contributed by atoms with E-state index < -0.39 is 0 Å². The highest BCUT2D eigenvalue weighted by Crippen LogP contribution is 2.31. The van der Waals surface area contributed by atoms with Gasteiger partial charge in [-0.05, 0) is 13.3 Å². The molecule has 1 unspecified atom stereocenters. The van der Waals surface area contributed by atoms with Gasteiger partial charge in [-0.3, -0.25) is 4.99 Å². The van der Waals surface area contributed by atoms with E-state index in [0.29, 0.717) is 5.25 Å². The number of hydrogen-bond acceptors (Lipinski definition) is 3. The van der Waals surface area contributed by atoms with Crippen molar-refractivity contribution in [3.05, 3.63) is 23.8 Å². The Bertz CT molecular complexity index is 279. The van der Waals surface area contributed by atoms with Crippen molar-refractivity contribution in [1.29, 1.82) is 0 Å². The molecule has 0 N–H and O–H groups in total. The van der Waals surface area contributed by atoms with Crippen LogP contribution >= 0.6 is 23.5 Å². The molecule has 1 heterocycles. The largest absolute Gasteiger partial charge is 0.271 e. The Balaban J connectivity index is 1.87. The van der Waals surface area contributed by atoms with E-state index in [9.17, 15) is 0 Å². The van der Waals surface area contributed by atoms with Crippen LogP contribution in [0.3, 0.4) is 0 Å². The van der Waals surface area contributed by atoms with Gasteiger partial charge in [-0.25, -0.2) is 0 Å². The lowest BCUT2D eigenvalue weighted by atomic mass is 10.2. The number of aliphatic imine (C=N–C) groups is 1. The summed E-state index contributed by atoms with van der Waals surface area (Å²) >= 11 is 3.80. The summed E-state index contributed by atoms with van der Waals surface area (Å²) in [5, 5.41) is 0.597. The maximum atomic E-state index is 4.44. The molecule has 2 rings (SSSR count). The van der Waals surface area contributed by atoms with E-state index in [0.717, 1.165) is 13.0 Å². The highest BCUT2D eigenvalue weighted by molar-refractivity contribution is 8.39. The summed E-state index contributed by atoms with van der Waals surface area (Å²) in [6, 6.07) is 0. The van der Waals surface area contributed by atoms with Crippen LogP contribution in [0.25, 0.3) is 0 Å². The monoisotopic (exact) mass is 211 g/mol. The third-order valence-corrected chi connectivity index (χ3v) is 4.55. The van der Waals surface area contributed by atoms with E-state index in [2.05, 4.69) is 30.1 Å². The summed E-state index contributed by atoms with van der Waals surface area (Å²) in [6.07, 6.45) is 7.73. The topological polar surface area (TPSA) is 12.4 Å². The van der Waals surface area contributed by atoms with Crippen molar-refractivity contribution in [2.45, 2.75) is 18.6 Å². The molecule has 0 aromatic rings. The summed E-state index contributed by atoms with van der Waals surface area (Å²) in [5.41, 5.74) is 1.53. The van der Waals surface area contributed by atoms with Crippen molar-refractivity contribution < 1.29 is 0 Å². The zero-order valence-corrected chi connectivity index (χ0v) is 9.33. The zero-order valence-electron chi connectivity index (χ0n) is 7.69. The predicted molar refractivity (Wildman–Crippen MR) is 63.7 cm³/mol. The van der Waals surface area contributed by atoms with Crippen molar-refractivity contribution in [2.75, 3.05) is 12.3 Å². The first kappa shape index (κ1) is 9.41.